The van der Waals surface area contributed by atoms with Crippen molar-refractivity contribution in [2.24, 2.45) is 0 Å². The normalized spacial score (nSPS) is 16.4. The molecule has 1 fully saturated rings. The van der Waals surface area contributed by atoms with Crippen LogP contribution in [0.3, 0.4) is 0 Å². The largest absolute Gasteiger partial charge is 0.342 e. The summed E-state index contributed by atoms with van der Waals surface area (Å²) in [7, 11) is 0. The summed E-state index contributed by atoms with van der Waals surface area (Å²) in [6.07, 6.45) is 3.86. The molecule has 1 amide bonds. The third-order valence-corrected chi connectivity index (χ3v) is 5.06. The van der Waals surface area contributed by atoms with E-state index in [1.807, 2.05) is 11.8 Å². The SMILES string of the molecule is CCC(C(=O)N(CC)CCc1nc2ccc(F)cc2[nH]1)N1CCCC1. The number of fused-ring (bicyclic) bond motifs is 1. The number of carbonyl (C=O) groups excluding carboxylic acids is 1. The highest BCUT2D eigenvalue weighted by atomic mass is 19.1. The second-order valence-electron chi connectivity index (χ2n) is 6.68. The second kappa shape index (κ2) is 7.95. The first kappa shape index (κ1) is 17.9. The Morgan fingerprint density at radius 1 is 1.36 bits per heavy atom. The van der Waals surface area contributed by atoms with Crippen LogP contribution in [0, 0.1) is 5.82 Å². The van der Waals surface area contributed by atoms with Crippen molar-refractivity contribution in [3.63, 3.8) is 0 Å². The number of hydrogen-bond donors (Lipinski definition) is 1. The molecule has 1 aromatic heterocycles. The van der Waals surface area contributed by atoms with Crippen LogP contribution in [-0.2, 0) is 11.2 Å². The first-order chi connectivity index (χ1) is 12.1. The van der Waals surface area contributed by atoms with E-state index in [1.165, 1.54) is 25.0 Å². The standard InChI is InChI=1S/C19H27FN4O/c1-3-17(24-10-5-6-11-24)19(25)23(4-2)12-9-18-21-15-8-7-14(20)13-16(15)22-18/h7-8,13,17H,3-6,9-12H2,1-2H3,(H,21,22). The fourth-order valence-corrected chi connectivity index (χ4v) is 3.67. The molecule has 5 nitrogen and oxygen atoms in total. The van der Waals surface area contributed by atoms with Gasteiger partial charge in [-0.2, -0.15) is 0 Å². The number of nitrogens with one attached hydrogen (secondary N) is 1. The maximum absolute atomic E-state index is 13.3. The molecule has 1 unspecified atom stereocenters. The molecule has 1 aromatic carbocycles. The van der Waals surface area contributed by atoms with E-state index in [-0.39, 0.29) is 17.8 Å². The number of nitrogens with zero attached hydrogens (tertiary/aromatic N) is 3. The molecule has 0 radical (unpaired) electrons. The first-order valence-corrected chi connectivity index (χ1v) is 9.29. The lowest BCUT2D eigenvalue weighted by Gasteiger charge is -2.31. The van der Waals surface area contributed by atoms with Crippen LogP contribution in [0.2, 0.25) is 0 Å². The van der Waals surface area contributed by atoms with Crippen LogP contribution in [0.4, 0.5) is 4.39 Å². The van der Waals surface area contributed by atoms with Gasteiger partial charge in [0.15, 0.2) is 0 Å². The Hall–Kier alpha value is -1.95. The number of rotatable bonds is 7. The van der Waals surface area contributed by atoms with E-state index in [9.17, 15) is 9.18 Å². The summed E-state index contributed by atoms with van der Waals surface area (Å²) >= 11 is 0. The van der Waals surface area contributed by atoms with E-state index in [1.54, 1.807) is 6.07 Å². The Balaban J connectivity index is 1.65. The van der Waals surface area contributed by atoms with E-state index < -0.39 is 0 Å². The zero-order chi connectivity index (χ0) is 17.8. The molecular formula is C19H27FN4O. The van der Waals surface area contributed by atoms with Crippen LogP contribution in [0.25, 0.3) is 11.0 Å². The molecule has 1 aliphatic rings. The van der Waals surface area contributed by atoms with E-state index in [4.69, 9.17) is 0 Å². The second-order valence-corrected chi connectivity index (χ2v) is 6.68. The van der Waals surface area contributed by atoms with E-state index in [0.29, 0.717) is 25.0 Å². The van der Waals surface area contributed by atoms with Gasteiger partial charge < -0.3 is 9.88 Å². The molecule has 0 saturated carbocycles. The van der Waals surface area contributed by atoms with Crippen molar-refractivity contribution < 1.29 is 9.18 Å². The number of amides is 1. The van der Waals surface area contributed by atoms with Crippen LogP contribution in [0.15, 0.2) is 18.2 Å². The molecule has 6 heteroatoms. The summed E-state index contributed by atoms with van der Waals surface area (Å²) in [6.45, 7) is 7.47. The van der Waals surface area contributed by atoms with Crippen LogP contribution >= 0.6 is 0 Å². The first-order valence-electron chi connectivity index (χ1n) is 9.29. The van der Waals surface area contributed by atoms with Crippen molar-refractivity contribution in [1.29, 1.82) is 0 Å². The number of hydrogen-bond acceptors (Lipinski definition) is 3. The van der Waals surface area contributed by atoms with Gasteiger partial charge in [-0.25, -0.2) is 9.37 Å². The molecule has 136 valence electrons. The van der Waals surface area contributed by atoms with Gasteiger partial charge in [-0.05, 0) is 57.5 Å². The van der Waals surface area contributed by atoms with Gasteiger partial charge in [0.25, 0.3) is 0 Å². The monoisotopic (exact) mass is 346 g/mol. The highest BCUT2D eigenvalue weighted by molar-refractivity contribution is 5.82. The third-order valence-electron chi connectivity index (χ3n) is 5.06. The van der Waals surface area contributed by atoms with Crippen LogP contribution in [0.1, 0.15) is 38.9 Å². The number of carbonyl (C=O) groups is 1. The summed E-state index contributed by atoms with van der Waals surface area (Å²) in [4.78, 5) is 24.8. The number of likely N-dealkylation sites (N-methyl/N-ethyl adjacent to an activating group) is 1. The third kappa shape index (κ3) is 4.00. The predicted octanol–water partition coefficient (Wildman–Crippen LogP) is 2.97. The molecule has 25 heavy (non-hydrogen) atoms. The highest BCUT2D eigenvalue weighted by Gasteiger charge is 2.29. The van der Waals surface area contributed by atoms with Gasteiger partial charge >= 0.3 is 0 Å². The van der Waals surface area contributed by atoms with Crippen LogP contribution in [0.5, 0.6) is 0 Å². The molecule has 1 atom stereocenters. The smallest absolute Gasteiger partial charge is 0.239 e. The lowest BCUT2D eigenvalue weighted by Crippen LogP contribution is -2.48. The van der Waals surface area contributed by atoms with Crippen molar-refractivity contribution in [1.82, 2.24) is 19.8 Å². The maximum atomic E-state index is 13.3. The van der Waals surface area contributed by atoms with Gasteiger partial charge in [0.05, 0.1) is 17.1 Å². The average Bonchev–Trinajstić information content (AvgIpc) is 3.25. The Labute approximate surface area is 148 Å². The Bertz CT molecular complexity index is 723. The van der Waals surface area contributed by atoms with Crippen molar-refractivity contribution in [2.75, 3.05) is 26.2 Å². The van der Waals surface area contributed by atoms with Crippen molar-refractivity contribution >= 4 is 16.9 Å². The van der Waals surface area contributed by atoms with Crippen LogP contribution in [-0.4, -0.2) is 57.9 Å². The molecule has 1 N–H and O–H groups in total. The number of imidazole rings is 1. The van der Waals surface area contributed by atoms with E-state index >= 15 is 0 Å². The molecule has 2 heterocycles. The van der Waals surface area contributed by atoms with Gasteiger partial charge in [0, 0.05) is 19.5 Å². The molecule has 1 aliphatic heterocycles. The predicted molar refractivity (Wildman–Crippen MR) is 96.9 cm³/mol. The molecule has 0 bridgehead atoms. The Morgan fingerprint density at radius 3 is 2.80 bits per heavy atom. The number of aromatic amines is 1. The Morgan fingerprint density at radius 2 is 2.12 bits per heavy atom. The van der Waals surface area contributed by atoms with Gasteiger partial charge in [0.1, 0.15) is 11.6 Å². The summed E-state index contributed by atoms with van der Waals surface area (Å²) in [5.41, 5.74) is 1.46. The summed E-state index contributed by atoms with van der Waals surface area (Å²) in [6, 6.07) is 4.53. The minimum absolute atomic E-state index is 0.00720. The van der Waals surface area contributed by atoms with Crippen molar-refractivity contribution in [3.8, 4) is 0 Å². The number of aromatic nitrogens is 2. The highest BCUT2D eigenvalue weighted by Crippen LogP contribution is 2.17. The fraction of sp³-hybridized carbons (Fsp3) is 0.579. The molecule has 3 rings (SSSR count). The van der Waals surface area contributed by atoms with E-state index in [0.717, 1.165) is 30.9 Å². The van der Waals surface area contributed by atoms with Gasteiger partial charge in [0.2, 0.25) is 5.91 Å². The van der Waals surface area contributed by atoms with Crippen molar-refractivity contribution in [2.45, 2.75) is 45.6 Å². The number of H-pyrrole nitrogens is 1. The fourth-order valence-electron chi connectivity index (χ4n) is 3.67. The molecule has 2 aromatic rings. The number of likely N-dealkylation sites (tertiary alicyclic amines) is 1. The number of benzene rings is 1. The zero-order valence-corrected chi connectivity index (χ0v) is 15.1. The minimum Gasteiger partial charge on any atom is -0.342 e. The lowest BCUT2D eigenvalue weighted by molar-refractivity contribution is -0.136. The van der Waals surface area contributed by atoms with Crippen LogP contribution < -0.4 is 0 Å². The average molecular weight is 346 g/mol. The topological polar surface area (TPSA) is 52.2 Å². The molecule has 0 aliphatic carbocycles. The quantitative estimate of drug-likeness (QED) is 0.839. The van der Waals surface area contributed by atoms with Gasteiger partial charge in [-0.1, -0.05) is 6.92 Å². The van der Waals surface area contributed by atoms with E-state index in [2.05, 4.69) is 21.8 Å². The molecule has 1 saturated heterocycles. The van der Waals surface area contributed by atoms with Gasteiger partial charge in [-0.3, -0.25) is 9.69 Å². The molecule has 0 spiro atoms. The summed E-state index contributed by atoms with van der Waals surface area (Å²) in [5, 5.41) is 0. The number of halogens is 1. The lowest BCUT2D eigenvalue weighted by atomic mass is 10.1. The molecular weight excluding hydrogens is 319 g/mol. The van der Waals surface area contributed by atoms with Crippen molar-refractivity contribution in [3.05, 3.63) is 29.8 Å². The summed E-state index contributed by atoms with van der Waals surface area (Å²) in [5.74, 6) is 0.736. The van der Waals surface area contributed by atoms with Gasteiger partial charge in [-0.15, -0.1) is 0 Å². The Kier molecular flexibility index (Phi) is 5.68. The zero-order valence-electron chi connectivity index (χ0n) is 15.1. The maximum Gasteiger partial charge on any atom is 0.239 e. The summed E-state index contributed by atoms with van der Waals surface area (Å²) < 4.78 is 13.3. The minimum atomic E-state index is -0.274.